The van der Waals surface area contributed by atoms with Gasteiger partial charge in [0.05, 0.1) is 23.7 Å². The van der Waals surface area contributed by atoms with Crippen molar-refractivity contribution >= 4 is 21.6 Å². The summed E-state index contributed by atoms with van der Waals surface area (Å²) in [5, 5.41) is 2.90. The quantitative estimate of drug-likeness (QED) is 0.550. The zero-order valence-corrected chi connectivity index (χ0v) is 19.5. The molecule has 6 nitrogen and oxygen atoms in total. The van der Waals surface area contributed by atoms with Gasteiger partial charge in [-0.2, -0.15) is 0 Å². The fraction of sp³-hybridized carbons (Fsp3) is 0.240. The van der Waals surface area contributed by atoms with Gasteiger partial charge >= 0.3 is 0 Å². The Hall–Kier alpha value is -3.32. The van der Waals surface area contributed by atoms with Gasteiger partial charge in [-0.3, -0.25) is 9.10 Å². The lowest BCUT2D eigenvalue weighted by atomic mass is 10.1. The molecule has 1 atom stereocenters. The predicted octanol–water partition coefficient (Wildman–Crippen LogP) is 4.38. The van der Waals surface area contributed by atoms with Gasteiger partial charge in [-0.15, -0.1) is 0 Å². The number of carbonyl (C=O) groups is 1. The predicted molar refractivity (Wildman–Crippen MR) is 126 cm³/mol. The third kappa shape index (κ3) is 5.48. The zero-order chi connectivity index (χ0) is 23.3. The fourth-order valence-corrected chi connectivity index (χ4v) is 4.69. The lowest BCUT2D eigenvalue weighted by molar-refractivity contribution is -0.120. The fourth-order valence-electron chi connectivity index (χ4n) is 3.27. The van der Waals surface area contributed by atoms with E-state index in [1.807, 2.05) is 45.0 Å². The Labute approximate surface area is 189 Å². The number of rotatable bonds is 8. The third-order valence-electron chi connectivity index (χ3n) is 5.19. The summed E-state index contributed by atoms with van der Waals surface area (Å²) in [6.45, 7) is 5.39. The van der Waals surface area contributed by atoms with Gasteiger partial charge in [0.2, 0.25) is 5.91 Å². The van der Waals surface area contributed by atoms with Crippen molar-refractivity contribution in [2.75, 3.05) is 18.0 Å². The number of amides is 1. The lowest BCUT2D eigenvalue weighted by Gasteiger charge is -2.25. The first kappa shape index (κ1) is 23.3. The summed E-state index contributed by atoms with van der Waals surface area (Å²) in [6.07, 6.45) is 0. The van der Waals surface area contributed by atoms with Crippen LogP contribution in [0.3, 0.4) is 0 Å². The molecule has 3 aromatic carbocycles. The molecule has 7 heteroatoms. The van der Waals surface area contributed by atoms with Crippen molar-refractivity contribution < 1.29 is 17.9 Å². The van der Waals surface area contributed by atoms with Crippen LogP contribution in [-0.2, 0) is 14.8 Å². The van der Waals surface area contributed by atoms with E-state index in [1.165, 1.54) is 7.11 Å². The SMILES string of the molecule is COc1cccc(N(CC(=O)N[C@H](C)c2ccc(C)cc2)S(=O)(=O)c2ccc(C)cc2)c1. The van der Waals surface area contributed by atoms with Gasteiger partial charge in [0.15, 0.2) is 0 Å². The molecule has 0 radical (unpaired) electrons. The number of aryl methyl sites for hydroxylation is 2. The van der Waals surface area contributed by atoms with Crippen LogP contribution in [-0.4, -0.2) is 28.0 Å². The molecule has 0 aliphatic carbocycles. The molecule has 0 aliphatic heterocycles. The van der Waals surface area contributed by atoms with Crippen LogP contribution in [0.5, 0.6) is 5.75 Å². The van der Waals surface area contributed by atoms with Crippen molar-refractivity contribution in [3.8, 4) is 5.75 Å². The zero-order valence-electron chi connectivity index (χ0n) is 18.7. The highest BCUT2D eigenvalue weighted by Crippen LogP contribution is 2.27. The van der Waals surface area contributed by atoms with Crippen LogP contribution in [0.4, 0.5) is 5.69 Å². The monoisotopic (exact) mass is 452 g/mol. The van der Waals surface area contributed by atoms with E-state index in [1.54, 1.807) is 48.5 Å². The van der Waals surface area contributed by atoms with Crippen LogP contribution < -0.4 is 14.4 Å². The van der Waals surface area contributed by atoms with Gasteiger partial charge in [-0.05, 0) is 50.6 Å². The Morgan fingerprint density at radius 3 is 2.16 bits per heavy atom. The minimum absolute atomic E-state index is 0.116. The smallest absolute Gasteiger partial charge is 0.264 e. The van der Waals surface area contributed by atoms with E-state index in [4.69, 9.17) is 4.74 Å². The van der Waals surface area contributed by atoms with Crippen LogP contribution in [0.25, 0.3) is 0 Å². The lowest BCUT2D eigenvalue weighted by Crippen LogP contribution is -2.41. The number of anilines is 1. The number of nitrogens with zero attached hydrogens (tertiary/aromatic N) is 1. The molecule has 1 N–H and O–H groups in total. The third-order valence-corrected chi connectivity index (χ3v) is 6.98. The molecule has 1 amide bonds. The number of benzene rings is 3. The number of sulfonamides is 1. The molecule has 3 rings (SSSR count). The number of ether oxygens (including phenoxy) is 1. The van der Waals surface area contributed by atoms with E-state index in [9.17, 15) is 13.2 Å². The van der Waals surface area contributed by atoms with E-state index < -0.39 is 15.9 Å². The molecule has 0 heterocycles. The maximum absolute atomic E-state index is 13.5. The molecule has 0 bridgehead atoms. The topological polar surface area (TPSA) is 75.7 Å². The Kier molecular flexibility index (Phi) is 7.20. The molecule has 0 unspecified atom stereocenters. The maximum Gasteiger partial charge on any atom is 0.264 e. The molecule has 0 aliphatic rings. The van der Waals surface area contributed by atoms with Crippen LogP contribution in [0.15, 0.2) is 77.7 Å². The molecule has 0 spiro atoms. The Bertz CT molecular complexity index is 1170. The van der Waals surface area contributed by atoms with E-state index >= 15 is 0 Å². The number of methoxy groups -OCH3 is 1. The minimum atomic E-state index is -3.98. The highest BCUT2D eigenvalue weighted by molar-refractivity contribution is 7.92. The first-order valence-electron chi connectivity index (χ1n) is 10.3. The average Bonchev–Trinajstić information content (AvgIpc) is 2.78. The molecular weight excluding hydrogens is 424 g/mol. The summed E-state index contributed by atoms with van der Waals surface area (Å²) >= 11 is 0. The van der Waals surface area contributed by atoms with Crippen molar-refractivity contribution in [1.82, 2.24) is 5.32 Å². The van der Waals surface area contributed by atoms with E-state index in [-0.39, 0.29) is 17.5 Å². The number of hydrogen-bond donors (Lipinski definition) is 1. The molecule has 0 aromatic heterocycles. The normalized spacial score (nSPS) is 12.1. The van der Waals surface area contributed by atoms with Crippen LogP contribution >= 0.6 is 0 Å². The Balaban J connectivity index is 1.90. The molecule has 0 saturated heterocycles. The Morgan fingerprint density at radius 2 is 1.56 bits per heavy atom. The second-order valence-corrected chi connectivity index (χ2v) is 9.59. The van der Waals surface area contributed by atoms with E-state index in [0.717, 1.165) is 21.0 Å². The van der Waals surface area contributed by atoms with E-state index in [2.05, 4.69) is 5.32 Å². The van der Waals surface area contributed by atoms with Gasteiger partial charge in [0, 0.05) is 6.07 Å². The standard InChI is InChI=1S/C25H28N2O4S/c1-18-8-12-21(13-9-18)20(3)26-25(28)17-27(22-6-5-7-23(16-22)31-4)32(29,30)24-14-10-19(2)11-15-24/h5-16,20H,17H2,1-4H3,(H,26,28)/t20-/m1/s1. The second kappa shape index (κ2) is 9.87. The van der Waals surface area contributed by atoms with Gasteiger partial charge in [-0.25, -0.2) is 8.42 Å². The molecule has 0 fully saturated rings. The molecule has 32 heavy (non-hydrogen) atoms. The van der Waals surface area contributed by atoms with Crippen molar-refractivity contribution in [3.63, 3.8) is 0 Å². The van der Waals surface area contributed by atoms with Gasteiger partial charge in [0.25, 0.3) is 10.0 Å². The van der Waals surface area contributed by atoms with E-state index in [0.29, 0.717) is 11.4 Å². The van der Waals surface area contributed by atoms with Gasteiger partial charge < -0.3 is 10.1 Å². The summed E-state index contributed by atoms with van der Waals surface area (Å²) in [7, 11) is -2.47. The van der Waals surface area contributed by atoms with Crippen molar-refractivity contribution in [2.45, 2.75) is 31.7 Å². The summed E-state index contributed by atoms with van der Waals surface area (Å²) in [6, 6.07) is 20.8. The van der Waals surface area contributed by atoms with Crippen LogP contribution in [0.2, 0.25) is 0 Å². The van der Waals surface area contributed by atoms with Crippen molar-refractivity contribution in [3.05, 3.63) is 89.5 Å². The summed E-state index contributed by atoms with van der Waals surface area (Å²) in [4.78, 5) is 13.0. The molecular formula is C25H28N2O4S. The average molecular weight is 453 g/mol. The summed E-state index contributed by atoms with van der Waals surface area (Å²) in [5.41, 5.74) is 3.36. The maximum atomic E-state index is 13.5. The first-order chi connectivity index (χ1) is 15.2. The summed E-state index contributed by atoms with van der Waals surface area (Å²) in [5.74, 6) is 0.0941. The van der Waals surface area contributed by atoms with Crippen molar-refractivity contribution in [2.24, 2.45) is 0 Å². The highest BCUT2D eigenvalue weighted by Gasteiger charge is 2.28. The number of hydrogen-bond acceptors (Lipinski definition) is 4. The largest absolute Gasteiger partial charge is 0.497 e. The van der Waals surface area contributed by atoms with Crippen molar-refractivity contribution in [1.29, 1.82) is 0 Å². The minimum Gasteiger partial charge on any atom is -0.497 e. The van der Waals surface area contributed by atoms with Crippen LogP contribution in [0.1, 0.15) is 29.7 Å². The molecule has 168 valence electrons. The summed E-state index contributed by atoms with van der Waals surface area (Å²) < 4.78 is 33.3. The first-order valence-corrected chi connectivity index (χ1v) is 11.7. The van der Waals surface area contributed by atoms with Gasteiger partial charge in [0.1, 0.15) is 12.3 Å². The highest BCUT2D eigenvalue weighted by atomic mass is 32.2. The Morgan fingerprint density at radius 1 is 0.969 bits per heavy atom. The molecule has 0 saturated carbocycles. The number of carbonyl (C=O) groups excluding carboxylic acids is 1. The van der Waals surface area contributed by atoms with Crippen LogP contribution in [0, 0.1) is 13.8 Å². The second-order valence-electron chi connectivity index (χ2n) is 7.73. The molecule has 3 aromatic rings. The van der Waals surface area contributed by atoms with Gasteiger partial charge in [-0.1, -0.05) is 53.6 Å². The number of nitrogens with one attached hydrogen (secondary N) is 1.